The standard InChI is InChI=1S/C16H25NO4/c1-3-17-8-9-20-15(12-17)16(18)13-6-4-5-7-14(13)21-11-10-19-2/h4-7,15-16,18H,3,8-12H2,1-2H3. The van der Waals surface area contributed by atoms with Crippen LogP contribution in [0.5, 0.6) is 5.75 Å². The minimum Gasteiger partial charge on any atom is -0.491 e. The van der Waals surface area contributed by atoms with Gasteiger partial charge in [0, 0.05) is 25.8 Å². The number of ether oxygens (including phenoxy) is 3. The van der Waals surface area contributed by atoms with Crippen molar-refractivity contribution >= 4 is 0 Å². The molecule has 1 aliphatic heterocycles. The molecule has 2 rings (SSSR count). The Labute approximate surface area is 126 Å². The van der Waals surface area contributed by atoms with Gasteiger partial charge < -0.3 is 19.3 Å². The molecule has 1 aromatic carbocycles. The molecule has 1 aliphatic rings. The summed E-state index contributed by atoms with van der Waals surface area (Å²) in [5, 5.41) is 10.6. The molecule has 0 radical (unpaired) electrons. The molecule has 1 N–H and O–H groups in total. The quantitative estimate of drug-likeness (QED) is 0.772. The van der Waals surface area contributed by atoms with Gasteiger partial charge in [-0.05, 0) is 12.6 Å². The average molecular weight is 295 g/mol. The monoisotopic (exact) mass is 295 g/mol. The Kier molecular flexibility index (Phi) is 6.45. The average Bonchev–Trinajstić information content (AvgIpc) is 2.55. The van der Waals surface area contributed by atoms with Crippen LogP contribution in [0.15, 0.2) is 24.3 Å². The first-order valence-corrected chi connectivity index (χ1v) is 7.49. The summed E-state index contributed by atoms with van der Waals surface area (Å²) in [5.74, 6) is 0.694. The Morgan fingerprint density at radius 2 is 2.19 bits per heavy atom. The fourth-order valence-corrected chi connectivity index (χ4v) is 2.50. The molecule has 5 heteroatoms. The van der Waals surface area contributed by atoms with Crippen LogP contribution in [-0.2, 0) is 9.47 Å². The third-order valence-corrected chi connectivity index (χ3v) is 3.76. The maximum atomic E-state index is 10.6. The van der Waals surface area contributed by atoms with E-state index in [9.17, 15) is 5.11 Å². The van der Waals surface area contributed by atoms with Crippen LogP contribution in [0.4, 0.5) is 0 Å². The second-order valence-electron chi connectivity index (χ2n) is 5.13. The Bertz CT molecular complexity index is 426. The van der Waals surface area contributed by atoms with Crippen molar-refractivity contribution in [3.8, 4) is 5.75 Å². The number of rotatable bonds is 7. The number of para-hydroxylation sites is 1. The molecule has 118 valence electrons. The van der Waals surface area contributed by atoms with Gasteiger partial charge in [0.25, 0.3) is 0 Å². The van der Waals surface area contributed by atoms with Crippen LogP contribution in [0.1, 0.15) is 18.6 Å². The normalized spacial score (nSPS) is 21.2. The van der Waals surface area contributed by atoms with E-state index in [0.29, 0.717) is 25.6 Å². The summed E-state index contributed by atoms with van der Waals surface area (Å²) in [6, 6.07) is 7.57. The van der Waals surface area contributed by atoms with E-state index in [1.165, 1.54) is 0 Å². The smallest absolute Gasteiger partial charge is 0.125 e. The number of methoxy groups -OCH3 is 1. The van der Waals surface area contributed by atoms with Crippen molar-refractivity contribution in [3.05, 3.63) is 29.8 Å². The maximum Gasteiger partial charge on any atom is 0.125 e. The van der Waals surface area contributed by atoms with E-state index in [1.807, 2.05) is 24.3 Å². The van der Waals surface area contributed by atoms with Crippen molar-refractivity contribution in [1.29, 1.82) is 0 Å². The van der Waals surface area contributed by atoms with Crippen molar-refractivity contribution in [2.24, 2.45) is 0 Å². The van der Waals surface area contributed by atoms with Crippen molar-refractivity contribution in [2.45, 2.75) is 19.1 Å². The van der Waals surface area contributed by atoms with Crippen molar-refractivity contribution in [2.75, 3.05) is 46.6 Å². The summed E-state index contributed by atoms with van der Waals surface area (Å²) >= 11 is 0. The number of benzene rings is 1. The summed E-state index contributed by atoms with van der Waals surface area (Å²) in [7, 11) is 1.64. The van der Waals surface area contributed by atoms with Gasteiger partial charge in [-0.2, -0.15) is 0 Å². The number of aliphatic hydroxyl groups is 1. The second-order valence-corrected chi connectivity index (χ2v) is 5.13. The number of hydrogen-bond donors (Lipinski definition) is 1. The lowest BCUT2D eigenvalue weighted by Gasteiger charge is -2.35. The van der Waals surface area contributed by atoms with Gasteiger partial charge in [-0.25, -0.2) is 0 Å². The van der Waals surface area contributed by atoms with Gasteiger partial charge >= 0.3 is 0 Å². The van der Waals surface area contributed by atoms with E-state index < -0.39 is 6.10 Å². The predicted octanol–water partition coefficient (Wildman–Crippen LogP) is 1.47. The van der Waals surface area contributed by atoms with E-state index in [-0.39, 0.29) is 6.10 Å². The molecule has 0 saturated carbocycles. The lowest BCUT2D eigenvalue weighted by atomic mass is 10.0. The van der Waals surface area contributed by atoms with Gasteiger partial charge in [-0.15, -0.1) is 0 Å². The number of nitrogens with zero attached hydrogens (tertiary/aromatic N) is 1. The maximum absolute atomic E-state index is 10.6. The van der Waals surface area contributed by atoms with Crippen LogP contribution in [0, 0.1) is 0 Å². The fraction of sp³-hybridized carbons (Fsp3) is 0.625. The third-order valence-electron chi connectivity index (χ3n) is 3.76. The first-order chi connectivity index (χ1) is 10.3. The number of aliphatic hydroxyl groups excluding tert-OH is 1. The van der Waals surface area contributed by atoms with Crippen LogP contribution < -0.4 is 4.74 Å². The van der Waals surface area contributed by atoms with Crippen LogP contribution in [0.25, 0.3) is 0 Å². The van der Waals surface area contributed by atoms with Crippen molar-refractivity contribution in [1.82, 2.24) is 4.90 Å². The van der Waals surface area contributed by atoms with Gasteiger partial charge in [-0.1, -0.05) is 25.1 Å². The van der Waals surface area contributed by atoms with E-state index in [2.05, 4.69) is 11.8 Å². The summed E-state index contributed by atoms with van der Waals surface area (Å²) < 4.78 is 16.4. The molecule has 0 amide bonds. The Hall–Kier alpha value is -1.14. The zero-order valence-corrected chi connectivity index (χ0v) is 12.8. The van der Waals surface area contributed by atoms with Crippen LogP contribution in [0.2, 0.25) is 0 Å². The van der Waals surface area contributed by atoms with E-state index in [1.54, 1.807) is 7.11 Å². The molecule has 0 bridgehead atoms. The Morgan fingerprint density at radius 3 is 2.95 bits per heavy atom. The lowest BCUT2D eigenvalue weighted by Crippen LogP contribution is -2.44. The SMILES string of the molecule is CCN1CCOC(C(O)c2ccccc2OCCOC)C1. The molecule has 1 fully saturated rings. The van der Waals surface area contributed by atoms with E-state index in [0.717, 1.165) is 25.2 Å². The molecule has 5 nitrogen and oxygen atoms in total. The molecule has 1 saturated heterocycles. The third kappa shape index (κ3) is 4.41. The summed E-state index contributed by atoms with van der Waals surface area (Å²) in [6.45, 7) is 6.40. The molecular weight excluding hydrogens is 270 g/mol. The van der Waals surface area contributed by atoms with Gasteiger partial charge in [0.15, 0.2) is 0 Å². The molecule has 1 aromatic rings. The highest BCUT2D eigenvalue weighted by Gasteiger charge is 2.29. The zero-order chi connectivity index (χ0) is 15.1. The highest BCUT2D eigenvalue weighted by atomic mass is 16.5. The molecule has 2 atom stereocenters. The first-order valence-electron chi connectivity index (χ1n) is 7.49. The summed E-state index contributed by atoms with van der Waals surface area (Å²) in [4.78, 5) is 2.28. The van der Waals surface area contributed by atoms with Gasteiger partial charge in [0.2, 0.25) is 0 Å². The van der Waals surface area contributed by atoms with E-state index in [4.69, 9.17) is 14.2 Å². The second kappa shape index (κ2) is 8.34. The summed E-state index contributed by atoms with van der Waals surface area (Å²) in [5.41, 5.74) is 0.775. The molecule has 1 heterocycles. The van der Waals surface area contributed by atoms with Crippen LogP contribution >= 0.6 is 0 Å². The van der Waals surface area contributed by atoms with Gasteiger partial charge in [0.05, 0.1) is 13.2 Å². The molecule has 0 spiro atoms. The predicted molar refractivity (Wildman–Crippen MR) is 80.6 cm³/mol. The van der Waals surface area contributed by atoms with E-state index >= 15 is 0 Å². The van der Waals surface area contributed by atoms with Gasteiger partial charge in [-0.3, -0.25) is 4.90 Å². The minimum absolute atomic E-state index is 0.217. The van der Waals surface area contributed by atoms with Crippen LogP contribution in [0.3, 0.4) is 0 Å². The summed E-state index contributed by atoms with van der Waals surface area (Å²) in [6.07, 6.45) is -0.899. The molecular formula is C16H25NO4. The van der Waals surface area contributed by atoms with Gasteiger partial charge in [0.1, 0.15) is 24.6 Å². The Balaban J connectivity index is 2.05. The first kappa shape index (κ1) is 16.2. The largest absolute Gasteiger partial charge is 0.491 e. The number of morpholine rings is 1. The molecule has 0 aliphatic carbocycles. The molecule has 0 aromatic heterocycles. The Morgan fingerprint density at radius 1 is 1.38 bits per heavy atom. The zero-order valence-electron chi connectivity index (χ0n) is 12.8. The lowest BCUT2D eigenvalue weighted by molar-refractivity contribution is -0.0894. The highest BCUT2D eigenvalue weighted by molar-refractivity contribution is 5.35. The number of hydrogen-bond acceptors (Lipinski definition) is 5. The number of likely N-dealkylation sites (N-methyl/N-ethyl adjacent to an activating group) is 1. The molecule has 2 unspecified atom stereocenters. The topological polar surface area (TPSA) is 51.2 Å². The highest BCUT2D eigenvalue weighted by Crippen LogP contribution is 2.29. The molecule has 21 heavy (non-hydrogen) atoms. The minimum atomic E-state index is -0.682. The van der Waals surface area contributed by atoms with Crippen molar-refractivity contribution < 1.29 is 19.3 Å². The van der Waals surface area contributed by atoms with Crippen LogP contribution in [-0.4, -0.2) is 62.7 Å². The fourth-order valence-electron chi connectivity index (χ4n) is 2.50. The van der Waals surface area contributed by atoms with Crippen molar-refractivity contribution in [3.63, 3.8) is 0 Å².